The van der Waals surface area contributed by atoms with Gasteiger partial charge in [-0.15, -0.1) is 0 Å². The summed E-state index contributed by atoms with van der Waals surface area (Å²) in [5.74, 6) is 0.333. The van der Waals surface area contributed by atoms with Gasteiger partial charge in [0.05, 0.1) is 12.1 Å². The number of hydrogen-bond acceptors (Lipinski definition) is 2. The Bertz CT molecular complexity index is 93.2. The summed E-state index contributed by atoms with van der Waals surface area (Å²) in [4.78, 5) is 0. The summed E-state index contributed by atoms with van der Waals surface area (Å²) < 4.78 is 0. The van der Waals surface area contributed by atoms with Gasteiger partial charge in [0, 0.05) is 0 Å². The molecule has 0 aliphatic rings. The molecule has 0 aliphatic heterocycles. The molecule has 0 radical (unpaired) electrons. The van der Waals surface area contributed by atoms with Gasteiger partial charge in [0.15, 0.2) is 0 Å². The van der Waals surface area contributed by atoms with Gasteiger partial charge in [0.1, 0.15) is 0 Å². The molecular weight excluding hydrogens is 100 g/mol. The fourth-order valence-electron chi connectivity index (χ4n) is 0.381. The lowest BCUT2D eigenvalue weighted by Gasteiger charge is -2.08. The Labute approximate surface area is 50.3 Å². The van der Waals surface area contributed by atoms with Gasteiger partial charge in [-0.3, -0.25) is 0 Å². The van der Waals surface area contributed by atoms with Crippen LogP contribution in [0.5, 0.6) is 0 Å². The van der Waals surface area contributed by atoms with Gasteiger partial charge in [0.25, 0.3) is 0 Å². The maximum absolute atomic E-state index is 8.26. The molecule has 0 spiro atoms. The molecular formula is C6H12N2. The molecule has 0 amide bonds. The standard InChI is InChI=1S/C6H12N2/c1-3-5(2)6(8)4-7/h5-6H,3,8H2,1-2H3/t5?,6-/m1/s1. The first-order valence-corrected chi connectivity index (χ1v) is 2.87. The van der Waals surface area contributed by atoms with Gasteiger partial charge in [-0.25, -0.2) is 0 Å². The smallest absolute Gasteiger partial charge is 0.0953 e. The largest absolute Gasteiger partial charge is 0.316 e. The molecule has 2 atom stereocenters. The average molecular weight is 112 g/mol. The second-order valence-electron chi connectivity index (χ2n) is 2.04. The highest BCUT2D eigenvalue weighted by atomic mass is 14.6. The van der Waals surface area contributed by atoms with Gasteiger partial charge < -0.3 is 5.73 Å². The van der Waals surface area contributed by atoms with Crippen LogP contribution in [-0.2, 0) is 0 Å². The van der Waals surface area contributed by atoms with Crippen molar-refractivity contribution in [3.05, 3.63) is 0 Å². The first kappa shape index (κ1) is 7.45. The van der Waals surface area contributed by atoms with Crippen molar-refractivity contribution in [1.82, 2.24) is 0 Å². The lowest BCUT2D eigenvalue weighted by molar-refractivity contribution is 0.510. The molecule has 0 aromatic heterocycles. The number of nitrogens with two attached hydrogens (primary N) is 1. The summed E-state index contributed by atoms with van der Waals surface area (Å²) >= 11 is 0. The number of hydrogen-bond donors (Lipinski definition) is 1. The minimum absolute atomic E-state index is 0.278. The van der Waals surface area contributed by atoms with Gasteiger partial charge in [-0.2, -0.15) is 5.26 Å². The minimum Gasteiger partial charge on any atom is -0.316 e. The Morgan fingerprint density at radius 1 is 1.75 bits per heavy atom. The third-order valence-corrected chi connectivity index (χ3v) is 1.41. The fraction of sp³-hybridized carbons (Fsp3) is 0.833. The van der Waals surface area contributed by atoms with Crippen molar-refractivity contribution >= 4 is 0 Å². The molecule has 0 heterocycles. The number of nitriles is 1. The van der Waals surface area contributed by atoms with E-state index in [4.69, 9.17) is 11.0 Å². The topological polar surface area (TPSA) is 49.8 Å². The van der Waals surface area contributed by atoms with Crippen LogP contribution in [-0.4, -0.2) is 6.04 Å². The first-order chi connectivity index (χ1) is 3.72. The molecule has 0 aliphatic carbocycles. The van der Waals surface area contributed by atoms with Gasteiger partial charge in [-0.05, 0) is 5.92 Å². The third kappa shape index (κ3) is 1.94. The highest BCUT2D eigenvalue weighted by molar-refractivity contribution is 4.89. The van der Waals surface area contributed by atoms with Crippen molar-refractivity contribution in [3.8, 4) is 6.07 Å². The highest BCUT2D eigenvalue weighted by Crippen LogP contribution is 2.02. The molecule has 8 heavy (non-hydrogen) atoms. The van der Waals surface area contributed by atoms with E-state index < -0.39 is 0 Å². The summed E-state index contributed by atoms with van der Waals surface area (Å²) in [6.07, 6.45) is 0.981. The van der Waals surface area contributed by atoms with Crippen molar-refractivity contribution < 1.29 is 0 Å². The van der Waals surface area contributed by atoms with Crippen LogP contribution in [0.2, 0.25) is 0 Å². The van der Waals surface area contributed by atoms with Crippen LogP contribution in [0.25, 0.3) is 0 Å². The van der Waals surface area contributed by atoms with Gasteiger partial charge in [0.2, 0.25) is 0 Å². The summed E-state index contributed by atoms with van der Waals surface area (Å²) in [6.45, 7) is 4.01. The molecule has 0 rings (SSSR count). The van der Waals surface area contributed by atoms with Crippen LogP contribution in [0, 0.1) is 17.2 Å². The van der Waals surface area contributed by atoms with E-state index in [0.717, 1.165) is 6.42 Å². The van der Waals surface area contributed by atoms with Crippen molar-refractivity contribution in [2.24, 2.45) is 11.7 Å². The highest BCUT2D eigenvalue weighted by Gasteiger charge is 2.07. The van der Waals surface area contributed by atoms with Crippen LogP contribution in [0.15, 0.2) is 0 Å². The summed E-state index contributed by atoms with van der Waals surface area (Å²) in [7, 11) is 0. The Morgan fingerprint density at radius 2 is 2.25 bits per heavy atom. The predicted octanol–water partition coefficient (Wildman–Crippen LogP) is 0.883. The van der Waals surface area contributed by atoms with E-state index in [0.29, 0.717) is 5.92 Å². The zero-order valence-corrected chi connectivity index (χ0v) is 5.39. The second-order valence-corrected chi connectivity index (χ2v) is 2.04. The summed E-state index contributed by atoms with van der Waals surface area (Å²) in [5.41, 5.74) is 5.37. The van der Waals surface area contributed by atoms with Crippen molar-refractivity contribution in [3.63, 3.8) is 0 Å². The van der Waals surface area contributed by atoms with E-state index in [1.54, 1.807) is 0 Å². The average Bonchev–Trinajstić information content (AvgIpc) is 1.84. The molecule has 2 N–H and O–H groups in total. The van der Waals surface area contributed by atoms with E-state index >= 15 is 0 Å². The Balaban J connectivity index is 3.49. The Morgan fingerprint density at radius 3 is 2.38 bits per heavy atom. The fourth-order valence-corrected chi connectivity index (χ4v) is 0.381. The molecule has 0 saturated heterocycles. The number of nitrogens with zero attached hydrogens (tertiary/aromatic N) is 1. The van der Waals surface area contributed by atoms with Crippen molar-refractivity contribution in [2.75, 3.05) is 0 Å². The summed E-state index contributed by atoms with van der Waals surface area (Å²) in [6, 6.07) is 1.72. The van der Waals surface area contributed by atoms with E-state index in [1.807, 2.05) is 19.9 Å². The Kier molecular flexibility index (Phi) is 3.21. The van der Waals surface area contributed by atoms with Crippen LogP contribution in [0.1, 0.15) is 20.3 Å². The maximum Gasteiger partial charge on any atom is 0.0953 e. The second kappa shape index (κ2) is 3.45. The van der Waals surface area contributed by atoms with Gasteiger partial charge in [-0.1, -0.05) is 20.3 Å². The molecule has 0 saturated carbocycles. The van der Waals surface area contributed by atoms with Crippen LogP contribution >= 0.6 is 0 Å². The molecule has 46 valence electrons. The van der Waals surface area contributed by atoms with Crippen LogP contribution < -0.4 is 5.73 Å². The van der Waals surface area contributed by atoms with E-state index in [9.17, 15) is 0 Å². The molecule has 2 heteroatoms. The van der Waals surface area contributed by atoms with E-state index in [-0.39, 0.29) is 6.04 Å². The SMILES string of the molecule is CCC(C)[C@H](N)C#N. The van der Waals surface area contributed by atoms with Crippen LogP contribution in [0.4, 0.5) is 0 Å². The molecule has 0 aromatic rings. The third-order valence-electron chi connectivity index (χ3n) is 1.41. The van der Waals surface area contributed by atoms with Crippen molar-refractivity contribution in [2.45, 2.75) is 26.3 Å². The first-order valence-electron chi connectivity index (χ1n) is 2.87. The van der Waals surface area contributed by atoms with Gasteiger partial charge >= 0.3 is 0 Å². The molecule has 0 bridgehead atoms. The normalized spacial score (nSPS) is 16.8. The molecule has 2 nitrogen and oxygen atoms in total. The molecule has 0 fully saturated rings. The molecule has 0 aromatic carbocycles. The zero-order chi connectivity index (χ0) is 6.57. The van der Waals surface area contributed by atoms with E-state index in [2.05, 4.69) is 0 Å². The Hall–Kier alpha value is -0.550. The van der Waals surface area contributed by atoms with E-state index in [1.165, 1.54) is 0 Å². The molecule has 1 unspecified atom stereocenters. The monoisotopic (exact) mass is 112 g/mol. The van der Waals surface area contributed by atoms with Crippen molar-refractivity contribution in [1.29, 1.82) is 5.26 Å². The zero-order valence-electron chi connectivity index (χ0n) is 5.39. The predicted molar refractivity (Wildman–Crippen MR) is 33.0 cm³/mol. The minimum atomic E-state index is -0.278. The lowest BCUT2D eigenvalue weighted by Crippen LogP contribution is -2.25. The maximum atomic E-state index is 8.26. The van der Waals surface area contributed by atoms with Crippen LogP contribution in [0.3, 0.4) is 0 Å². The quantitative estimate of drug-likeness (QED) is 0.576. The number of rotatable bonds is 2. The summed E-state index contributed by atoms with van der Waals surface area (Å²) in [5, 5.41) is 8.26. The lowest BCUT2D eigenvalue weighted by atomic mass is 10.0.